The van der Waals surface area contributed by atoms with Crippen molar-refractivity contribution in [3.8, 4) is 0 Å². The standard InChI is InChI=1S/C12H16N2O2/c1-12(11(15)16)6-4-8-14(12)9-10-5-2-3-7-13-10/h2-3,5,7H,4,6,8-9H2,1H3,(H,15,16). The van der Waals surface area contributed by atoms with E-state index in [1.54, 1.807) is 13.1 Å². The number of likely N-dealkylation sites (tertiary alicyclic amines) is 1. The van der Waals surface area contributed by atoms with Crippen molar-refractivity contribution in [1.29, 1.82) is 0 Å². The highest BCUT2D eigenvalue weighted by Crippen LogP contribution is 2.30. The topological polar surface area (TPSA) is 53.4 Å². The maximum Gasteiger partial charge on any atom is 0.323 e. The number of aliphatic carboxylic acids is 1. The van der Waals surface area contributed by atoms with Gasteiger partial charge in [0.05, 0.1) is 5.69 Å². The first kappa shape index (κ1) is 11.1. The molecule has 86 valence electrons. The molecule has 1 aromatic heterocycles. The molecule has 0 spiro atoms. The first-order valence-electron chi connectivity index (χ1n) is 5.51. The second-order valence-corrected chi connectivity index (χ2v) is 4.43. The van der Waals surface area contributed by atoms with Gasteiger partial charge in [0.1, 0.15) is 5.54 Å². The molecule has 0 bridgehead atoms. The normalized spacial score (nSPS) is 25.8. The molecular formula is C12H16N2O2. The molecule has 0 aromatic carbocycles. The van der Waals surface area contributed by atoms with E-state index in [9.17, 15) is 9.90 Å². The monoisotopic (exact) mass is 220 g/mol. The molecule has 0 radical (unpaired) electrons. The summed E-state index contributed by atoms with van der Waals surface area (Å²) >= 11 is 0. The molecule has 4 heteroatoms. The van der Waals surface area contributed by atoms with Crippen molar-refractivity contribution in [2.45, 2.75) is 31.8 Å². The van der Waals surface area contributed by atoms with E-state index in [-0.39, 0.29) is 0 Å². The summed E-state index contributed by atoms with van der Waals surface area (Å²) in [4.78, 5) is 17.5. The molecule has 1 aliphatic heterocycles. The van der Waals surface area contributed by atoms with E-state index < -0.39 is 11.5 Å². The smallest absolute Gasteiger partial charge is 0.323 e. The Morgan fingerprint density at radius 2 is 2.44 bits per heavy atom. The third kappa shape index (κ3) is 1.93. The number of carboxylic acids is 1. The van der Waals surface area contributed by atoms with Crippen LogP contribution in [0.5, 0.6) is 0 Å². The molecule has 0 aliphatic carbocycles. The van der Waals surface area contributed by atoms with Gasteiger partial charge in [-0.1, -0.05) is 6.07 Å². The van der Waals surface area contributed by atoms with Gasteiger partial charge < -0.3 is 5.11 Å². The van der Waals surface area contributed by atoms with Gasteiger partial charge >= 0.3 is 5.97 Å². The predicted molar refractivity (Wildman–Crippen MR) is 59.9 cm³/mol. The van der Waals surface area contributed by atoms with Crippen molar-refractivity contribution in [3.63, 3.8) is 0 Å². The third-order valence-electron chi connectivity index (χ3n) is 3.33. The van der Waals surface area contributed by atoms with Crippen LogP contribution in [0.2, 0.25) is 0 Å². The van der Waals surface area contributed by atoms with E-state index in [1.165, 1.54) is 0 Å². The van der Waals surface area contributed by atoms with Crippen LogP contribution in [0.15, 0.2) is 24.4 Å². The minimum atomic E-state index is -0.735. The predicted octanol–water partition coefficient (Wildman–Crippen LogP) is 1.52. The molecule has 2 rings (SSSR count). The van der Waals surface area contributed by atoms with Crippen LogP contribution >= 0.6 is 0 Å². The quantitative estimate of drug-likeness (QED) is 0.839. The molecule has 2 heterocycles. The fourth-order valence-electron chi connectivity index (χ4n) is 2.20. The van der Waals surface area contributed by atoms with Gasteiger partial charge in [0, 0.05) is 12.7 Å². The van der Waals surface area contributed by atoms with Crippen LogP contribution in [0, 0.1) is 0 Å². The Balaban J connectivity index is 2.13. The maximum atomic E-state index is 11.3. The molecule has 1 atom stereocenters. The molecule has 0 amide bonds. The summed E-state index contributed by atoms with van der Waals surface area (Å²) in [7, 11) is 0. The van der Waals surface area contributed by atoms with Gasteiger partial charge in [-0.15, -0.1) is 0 Å². The molecule has 1 N–H and O–H groups in total. The summed E-state index contributed by atoms with van der Waals surface area (Å²) in [5, 5.41) is 9.26. The van der Waals surface area contributed by atoms with E-state index in [0.717, 1.165) is 25.1 Å². The lowest BCUT2D eigenvalue weighted by molar-refractivity contribution is -0.148. The fraction of sp³-hybridized carbons (Fsp3) is 0.500. The lowest BCUT2D eigenvalue weighted by Crippen LogP contribution is -2.47. The molecule has 0 saturated carbocycles. The number of rotatable bonds is 3. The zero-order valence-electron chi connectivity index (χ0n) is 9.39. The van der Waals surface area contributed by atoms with Crippen molar-refractivity contribution in [2.75, 3.05) is 6.54 Å². The third-order valence-corrected chi connectivity index (χ3v) is 3.33. The molecule has 1 unspecified atom stereocenters. The molecule has 4 nitrogen and oxygen atoms in total. The van der Waals surface area contributed by atoms with Crippen LogP contribution < -0.4 is 0 Å². The highest BCUT2D eigenvalue weighted by atomic mass is 16.4. The largest absolute Gasteiger partial charge is 0.480 e. The van der Waals surface area contributed by atoms with Crippen LogP contribution in [0.25, 0.3) is 0 Å². The van der Waals surface area contributed by atoms with Crippen LogP contribution in [0.4, 0.5) is 0 Å². The number of pyridine rings is 1. The number of hydrogen-bond acceptors (Lipinski definition) is 3. The van der Waals surface area contributed by atoms with Crippen LogP contribution in [-0.2, 0) is 11.3 Å². The van der Waals surface area contributed by atoms with Gasteiger partial charge in [-0.25, -0.2) is 0 Å². The Kier molecular flexibility index (Phi) is 2.92. The number of carboxylic acid groups (broad SMARTS) is 1. The van der Waals surface area contributed by atoms with Gasteiger partial charge in [-0.2, -0.15) is 0 Å². The van der Waals surface area contributed by atoms with Gasteiger partial charge in [-0.05, 0) is 38.4 Å². The molecule has 16 heavy (non-hydrogen) atoms. The minimum absolute atomic E-state index is 0.615. The number of nitrogens with zero attached hydrogens (tertiary/aromatic N) is 2. The van der Waals surface area contributed by atoms with Crippen molar-refractivity contribution in [1.82, 2.24) is 9.88 Å². The molecule has 1 fully saturated rings. The second-order valence-electron chi connectivity index (χ2n) is 4.43. The average molecular weight is 220 g/mol. The molecule has 1 aromatic rings. The van der Waals surface area contributed by atoms with Gasteiger partial charge in [0.15, 0.2) is 0 Å². The minimum Gasteiger partial charge on any atom is -0.480 e. The Bertz CT molecular complexity index is 380. The first-order valence-corrected chi connectivity index (χ1v) is 5.51. The summed E-state index contributed by atoms with van der Waals surface area (Å²) in [5.74, 6) is -0.735. The van der Waals surface area contributed by atoms with E-state index in [2.05, 4.69) is 4.98 Å². The Labute approximate surface area is 94.9 Å². The lowest BCUT2D eigenvalue weighted by Gasteiger charge is -2.30. The van der Waals surface area contributed by atoms with Crippen LogP contribution in [-0.4, -0.2) is 33.0 Å². The lowest BCUT2D eigenvalue weighted by atomic mass is 9.99. The van der Waals surface area contributed by atoms with Crippen molar-refractivity contribution >= 4 is 5.97 Å². The summed E-state index contributed by atoms with van der Waals surface area (Å²) in [5.41, 5.74) is 0.203. The SMILES string of the molecule is CC1(C(=O)O)CCCN1Cc1ccccn1. The summed E-state index contributed by atoms with van der Waals surface area (Å²) in [6.45, 7) is 3.24. The van der Waals surface area contributed by atoms with Gasteiger partial charge in [0.2, 0.25) is 0 Å². The second kappa shape index (κ2) is 4.22. The Morgan fingerprint density at radius 3 is 3.06 bits per heavy atom. The highest BCUT2D eigenvalue weighted by Gasteiger charge is 2.43. The Morgan fingerprint density at radius 1 is 1.62 bits per heavy atom. The number of hydrogen-bond donors (Lipinski definition) is 1. The average Bonchev–Trinajstić information content (AvgIpc) is 2.63. The van der Waals surface area contributed by atoms with Crippen molar-refractivity contribution in [2.24, 2.45) is 0 Å². The van der Waals surface area contributed by atoms with E-state index in [4.69, 9.17) is 0 Å². The Hall–Kier alpha value is -1.42. The van der Waals surface area contributed by atoms with Crippen LogP contribution in [0.1, 0.15) is 25.5 Å². The van der Waals surface area contributed by atoms with Crippen LogP contribution in [0.3, 0.4) is 0 Å². The van der Waals surface area contributed by atoms with Gasteiger partial charge in [-0.3, -0.25) is 14.7 Å². The van der Waals surface area contributed by atoms with Crippen molar-refractivity contribution in [3.05, 3.63) is 30.1 Å². The zero-order valence-corrected chi connectivity index (χ0v) is 9.39. The highest BCUT2D eigenvalue weighted by molar-refractivity contribution is 5.78. The number of aromatic nitrogens is 1. The summed E-state index contributed by atoms with van der Waals surface area (Å²) in [6.07, 6.45) is 3.40. The van der Waals surface area contributed by atoms with E-state index >= 15 is 0 Å². The van der Waals surface area contributed by atoms with E-state index in [1.807, 2.05) is 23.1 Å². The first-order chi connectivity index (χ1) is 7.63. The summed E-state index contributed by atoms with van der Waals surface area (Å²) < 4.78 is 0. The number of carbonyl (C=O) groups is 1. The molecule has 1 aliphatic rings. The zero-order chi connectivity index (χ0) is 11.6. The van der Waals surface area contributed by atoms with E-state index in [0.29, 0.717) is 6.54 Å². The van der Waals surface area contributed by atoms with Crippen molar-refractivity contribution < 1.29 is 9.90 Å². The molecule has 1 saturated heterocycles. The van der Waals surface area contributed by atoms with Gasteiger partial charge in [0.25, 0.3) is 0 Å². The summed E-state index contributed by atoms with van der Waals surface area (Å²) in [6, 6.07) is 5.72. The fourth-order valence-corrected chi connectivity index (χ4v) is 2.20. The molecular weight excluding hydrogens is 204 g/mol. The maximum absolute atomic E-state index is 11.3.